The molecule has 1 atom stereocenters. The van der Waals surface area contributed by atoms with Crippen LogP contribution in [0.25, 0.3) is 0 Å². The Morgan fingerprint density at radius 2 is 2.15 bits per heavy atom. The number of guanidine groups is 1. The summed E-state index contributed by atoms with van der Waals surface area (Å²) in [5, 5.41) is 12.3. The predicted molar refractivity (Wildman–Crippen MR) is 125 cm³/mol. The monoisotopic (exact) mass is 521 g/mol. The van der Waals surface area contributed by atoms with Gasteiger partial charge in [-0.3, -0.25) is 9.89 Å². The summed E-state index contributed by atoms with van der Waals surface area (Å²) in [6.45, 7) is 7.18. The molecule has 9 heteroatoms. The third kappa shape index (κ3) is 6.67. The Kier molecular flexibility index (Phi) is 9.98. The molecule has 1 unspecified atom stereocenters. The Morgan fingerprint density at radius 1 is 1.33 bits per heavy atom. The number of aryl methyl sites for hydroxylation is 1. The van der Waals surface area contributed by atoms with Gasteiger partial charge in [-0.25, -0.2) is 4.98 Å². The van der Waals surface area contributed by atoms with E-state index < -0.39 is 0 Å². The van der Waals surface area contributed by atoms with Gasteiger partial charge >= 0.3 is 0 Å². The number of hydrogen-bond donors (Lipinski definition) is 2. The number of halogens is 1. The van der Waals surface area contributed by atoms with Crippen molar-refractivity contribution in [3.8, 4) is 0 Å². The summed E-state index contributed by atoms with van der Waals surface area (Å²) in [6.07, 6.45) is 0.986. The first-order chi connectivity index (χ1) is 12.8. The number of ether oxygens (including phenoxy) is 1. The predicted octanol–water partition coefficient (Wildman–Crippen LogP) is 3.12. The number of nitrogens with one attached hydrogen (secondary N) is 2. The highest BCUT2D eigenvalue weighted by molar-refractivity contribution is 14.0. The molecule has 0 spiro atoms. The molecular weight excluding hydrogens is 493 g/mol. The Bertz CT molecular complexity index is 686. The van der Waals surface area contributed by atoms with Gasteiger partial charge in [0.15, 0.2) is 5.96 Å². The SMILES string of the molecule is CCc1nc(CNC(=NC)NCC(c2cccs2)N2CCOCC2)cs1.I. The molecule has 1 fully saturated rings. The molecule has 2 N–H and O–H groups in total. The van der Waals surface area contributed by atoms with Crippen LogP contribution in [-0.4, -0.2) is 55.7 Å². The van der Waals surface area contributed by atoms with Gasteiger partial charge < -0.3 is 15.4 Å². The molecule has 0 saturated carbocycles. The molecule has 0 radical (unpaired) electrons. The first-order valence-electron chi connectivity index (χ1n) is 9.03. The molecular formula is C18H28IN5OS2. The second-order valence-electron chi connectivity index (χ2n) is 6.07. The molecule has 2 aromatic rings. The van der Waals surface area contributed by atoms with Gasteiger partial charge in [0, 0.05) is 36.9 Å². The molecule has 0 amide bonds. The molecule has 2 aromatic heterocycles. The number of hydrogen-bond acceptors (Lipinski definition) is 6. The van der Waals surface area contributed by atoms with E-state index in [4.69, 9.17) is 4.74 Å². The van der Waals surface area contributed by atoms with Crippen LogP contribution in [0, 0.1) is 0 Å². The van der Waals surface area contributed by atoms with E-state index in [2.05, 4.69) is 55.3 Å². The number of morpholine rings is 1. The number of aromatic nitrogens is 1. The molecule has 0 aromatic carbocycles. The van der Waals surface area contributed by atoms with Gasteiger partial charge in [0.2, 0.25) is 0 Å². The van der Waals surface area contributed by atoms with E-state index in [1.165, 1.54) is 9.88 Å². The molecule has 1 saturated heterocycles. The maximum absolute atomic E-state index is 5.51. The molecule has 3 heterocycles. The highest BCUT2D eigenvalue weighted by Crippen LogP contribution is 2.25. The molecule has 1 aliphatic heterocycles. The second-order valence-corrected chi connectivity index (χ2v) is 7.99. The quantitative estimate of drug-likeness (QED) is 0.333. The zero-order valence-electron chi connectivity index (χ0n) is 15.8. The van der Waals surface area contributed by atoms with Gasteiger partial charge in [-0.05, 0) is 17.9 Å². The van der Waals surface area contributed by atoms with Crippen molar-refractivity contribution in [1.29, 1.82) is 0 Å². The van der Waals surface area contributed by atoms with Crippen LogP contribution in [-0.2, 0) is 17.7 Å². The van der Waals surface area contributed by atoms with Crippen LogP contribution in [0.3, 0.4) is 0 Å². The average molecular weight is 521 g/mol. The fraction of sp³-hybridized carbons (Fsp3) is 0.556. The average Bonchev–Trinajstić information content (AvgIpc) is 3.37. The van der Waals surface area contributed by atoms with Crippen LogP contribution in [0.15, 0.2) is 27.9 Å². The van der Waals surface area contributed by atoms with Crippen molar-refractivity contribution in [2.75, 3.05) is 39.9 Å². The number of nitrogens with zero attached hydrogens (tertiary/aromatic N) is 3. The van der Waals surface area contributed by atoms with Crippen molar-refractivity contribution in [1.82, 2.24) is 20.5 Å². The smallest absolute Gasteiger partial charge is 0.191 e. The van der Waals surface area contributed by atoms with Crippen LogP contribution in [0.1, 0.15) is 28.5 Å². The standard InChI is InChI=1S/C18H27N5OS2.HI/c1-3-17-22-14(13-26-17)11-20-18(19-2)21-12-15(16-5-4-10-25-16)23-6-8-24-9-7-23;/h4-5,10,13,15H,3,6-9,11-12H2,1-2H3,(H2,19,20,21);1H. The van der Waals surface area contributed by atoms with E-state index in [0.29, 0.717) is 12.6 Å². The molecule has 0 aliphatic carbocycles. The van der Waals surface area contributed by atoms with Crippen molar-refractivity contribution in [3.63, 3.8) is 0 Å². The summed E-state index contributed by atoms with van der Waals surface area (Å²) in [5.41, 5.74) is 1.07. The van der Waals surface area contributed by atoms with Gasteiger partial charge in [-0.2, -0.15) is 0 Å². The van der Waals surface area contributed by atoms with Crippen LogP contribution in [0.5, 0.6) is 0 Å². The molecule has 0 bridgehead atoms. The first kappa shape index (κ1) is 22.5. The van der Waals surface area contributed by atoms with Gasteiger partial charge in [-0.1, -0.05) is 13.0 Å². The van der Waals surface area contributed by atoms with Crippen molar-refractivity contribution >= 4 is 52.6 Å². The number of aliphatic imine (C=N–C) groups is 1. The minimum atomic E-state index is 0. The lowest BCUT2D eigenvalue weighted by molar-refractivity contribution is 0.0177. The Hall–Kier alpha value is -0.750. The van der Waals surface area contributed by atoms with E-state index in [0.717, 1.165) is 50.9 Å². The van der Waals surface area contributed by atoms with E-state index in [-0.39, 0.29) is 24.0 Å². The fourth-order valence-electron chi connectivity index (χ4n) is 2.96. The topological polar surface area (TPSA) is 61.8 Å². The van der Waals surface area contributed by atoms with Crippen LogP contribution in [0.4, 0.5) is 0 Å². The van der Waals surface area contributed by atoms with Crippen molar-refractivity contribution in [2.24, 2.45) is 4.99 Å². The van der Waals surface area contributed by atoms with Gasteiger partial charge in [0.05, 0.1) is 36.5 Å². The third-order valence-electron chi connectivity index (χ3n) is 4.38. The summed E-state index contributed by atoms with van der Waals surface area (Å²) in [5.74, 6) is 0.811. The molecule has 1 aliphatic rings. The van der Waals surface area contributed by atoms with Crippen molar-refractivity contribution in [3.05, 3.63) is 38.5 Å². The highest BCUT2D eigenvalue weighted by Gasteiger charge is 2.23. The summed E-state index contributed by atoms with van der Waals surface area (Å²) in [4.78, 5) is 12.8. The summed E-state index contributed by atoms with van der Waals surface area (Å²) in [7, 11) is 1.81. The number of thiophene rings is 1. The van der Waals surface area contributed by atoms with E-state index in [9.17, 15) is 0 Å². The molecule has 27 heavy (non-hydrogen) atoms. The van der Waals surface area contributed by atoms with Crippen LogP contribution in [0.2, 0.25) is 0 Å². The van der Waals surface area contributed by atoms with Crippen molar-refractivity contribution in [2.45, 2.75) is 25.9 Å². The van der Waals surface area contributed by atoms with Crippen LogP contribution < -0.4 is 10.6 Å². The first-order valence-corrected chi connectivity index (χ1v) is 10.8. The minimum Gasteiger partial charge on any atom is -0.379 e. The summed E-state index contributed by atoms with van der Waals surface area (Å²) >= 11 is 3.52. The maximum Gasteiger partial charge on any atom is 0.191 e. The van der Waals surface area contributed by atoms with Crippen LogP contribution >= 0.6 is 46.7 Å². The Morgan fingerprint density at radius 3 is 2.78 bits per heavy atom. The van der Waals surface area contributed by atoms with Gasteiger partial charge in [0.25, 0.3) is 0 Å². The Balaban J connectivity index is 0.00000261. The van der Waals surface area contributed by atoms with E-state index in [1.54, 1.807) is 11.3 Å². The Labute approximate surface area is 186 Å². The second kappa shape index (κ2) is 11.9. The van der Waals surface area contributed by atoms with E-state index >= 15 is 0 Å². The largest absolute Gasteiger partial charge is 0.379 e. The lowest BCUT2D eigenvalue weighted by atomic mass is 10.2. The highest BCUT2D eigenvalue weighted by atomic mass is 127. The van der Waals surface area contributed by atoms with Gasteiger partial charge in [-0.15, -0.1) is 46.7 Å². The molecule has 6 nitrogen and oxygen atoms in total. The van der Waals surface area contributed by atoms with Gasteiger partial charge in [0.1, 0.15) is 0 Å². The third-order valence-corrected chi connectivity index (χ3v) is 6.40. The molecule has 3 rings (SSSR count). The lowest BCUT2D eigenvalue weighted by Gasteiger charge is -2.34. The number of rotatable bonds is 7. The fourth-order valence-corrected chi connectivity index (χ4v) is 4.57. The summed E-state index contributed by atoms with van der Waals surface area (Å²) in [6, 6.07) is 4.67. The zero-order valence-corrected chi connectivity index (χ0v) is 19.8. The lowest BCUT2D eigenvalue weighted by Crippen LogP contribution is -2.46. The summed E-state index contributed by atoms with van der Waals surface area (Å²) < 4.78 is 5.51. The number of thiazole rings is 1. The minimum absolute atomic E-state index is 0. The normalized spacial score (nSPS) is 16.6. The van der Waals surface area contributed by atoms with E-state index in [1.807, 2.05) is 18.4 Å². The molecule has 150 valence electrons. The van der Waals surface area contributed by atoms with Crippen molar-refractivity contribution < 1.29 is 4.74 Å². The zero-order chi connectivity index (χ0) is 18.2. The maximum atomic E-state index is 5.51.